The molecule has 142 valence electrons. The third-order valence-electron chi connectivity index (χ3n) is 3.82. The van der Waals surface area contributed by atoms with E-state index in [0.717, 1.165) is 49.1 Å². The molecule has 0 amide bonds. The van der Waals surface area contributed by atoms with Gasteiger partial charge in [-0.1, -0.05) is 13.8 Å². The molecule has 2 aliphatic heterocycles. The van der Waals surface area contributed by atoms with E-state index in [1.54, 1.807) is 12.4 Å². The molecule has 2 aliphatic rings. The van der Waals surface area contributed by atoms with Crippen LogP contribution in [-0.2, 0) is 0 Å². The van der Waals surface area contributed by atoms with E-state index < -0.39 is 0 Å². The molecule has 0 spiro atoms. The highest BCUT2D eigenvalue weighted by Gasteiger charge is 2.19. The molecule has 7 nitrogen and oxygen atoms in total. The molecule has 2 aromatic heterocycles. The van der Waals surface area contributed by atoms with Crippen molar-refractivity contribution in [3.63, 3.8) is 0 Å². The molecule has 0 aliphatic carbocycles. The second-order valence-electron chi connectivity index (χ2n) is 5.90. The van der Waals surface area contributed by atoms with Gasteiger partial charge in [-0.05, 0) is 19.9 Å². The highest BCUT2D eigenvalue weighted by atomic mass is 16.5. The SMILES string of the molecule is CC.Cc1cc(OC2CNC2)ccn1.Cc1ncncc1OC1CNC1. The quantitative estimate of drug-likeness (QED) is 0.863. The number of rotatable bonds is 4. The third kappa shape index (κ3) is 6.24. The van der Waals surface area contributed by atoms with Gasteiger partial charge in [-0.2, -0.15) is 0 Å². The first-order valence-corrected chi connectivity index (χ1v) is 9.14. The zero-order chi connectivity index (χ0) is 18.8. The third-order valence-corrected chi connectivity index (χ3v) is 3.82. The van der Waals surface area contributed by atoms with E-state index in [9.17, 15) is 0 Å². The number of aryl methyl sites for hydroxylation is 2. The lowest BCUT2D eigenvalue weighted by Gasteiger charge is -2.27. The van der Waals surface area contributed by atoms with Gasteiger partial charge in [-0.3, -0.25) is 4.98 Å². The van der Waals surface area contributed by atoms with E-state index >= 15 is 0 Å². The van der Waals surface area contributed by atoms with Gasteiger partial charge in [-0.25, -0.2) is 9.97 Å². The molecule has 0 unspecified atom stereocenters. The van der Waals surface area contributed by atoms with Gasteiger partial charge < -0.3 is 20.1 Å². The van der Waals surface area contributed by atoms with E-state index in [1.807, 2.05) is 39.8 Å². The number of ether oxygens (including phenoxy) is 2. The maximum absolute atomic E-state index is 5.63. The van der Waals surface area contributed by atoms with Crippen molar-refractivity contribution < 1.29 is 9.47 Å². The van der Waals surface area contributed by atoms with Crippen molar-refractivity contribution in [3.8, 4) is 11.5 Å². The second-order valence-corrected chi connectivity index (χ2v) is 5.90. The molecule has 4 heterocycles. The van der Waals surface area contributed by atoms with Gasteiger partial charge in [0.25, 0.3) is 0 Å². The lowest BCUT2D eigenvalue weighted by Crippen LogP contribution is -2.50. The number of nitrogens with one attached hydrogen (secondary N) is 2. The fourth-order valence-corrected chi connectivity index (χ4v) is 2.15. The van der Waals surface area contributed by atoms with Crippen molar-refractivity contribution in [1.82, 2.24) is 25.6 Å². The van der Waals surface area contributed by atoms with Crippen molar-refractivity contribution >= 4 is 0 Å². The van der Waals surface area contributed by atoms with E-state index in [4.69, 9.17) is 9.47 Å². The fraction of sp³-hybridized carbons (Fsp3) is 0.526. The van der Waals surface area contributed by atoms with Crippen LogP contribution in [0.4, 0.5) is 0 Å². The second kappa shape index (κ2) is 10.7. The molecule has 0 radical (unpaired) electrons. The predicted octanol–water partition coefficient (Wildman–Crippen LogP) is 1.90. The highest BCUT2D eigenvalue weighted by molar-refractivity contribution is 5.23. The Hall–Kier alpha value is -2.25. The van der Waals surface area contributed by atoms with Crippen molar-refractivity contribution in [1.29, 1.82) is 0 Å². The minimum absolute atomic E-state index is 0.301. The van der Waals surface area contributed by atoms with Crippen molar-refractivity contribution in [2.75, 3.05) is 26.2 Å². The maximum Gasteiger partial charge on any atom is 0.159 e. The van der Waals surface area contributed by atoms with E-state index in [-0.39, 0.29) is 0 Å². The Kier molecular flexibility index (Phi) is 8.24. The summed E-state index contributed by atoms with van der Waals surface area (Å²) in [6.45, 7) is 11.7. The summed E-state index contributed by atoms with van der Waals surface area (Å²) in [5.41, 5.74) is 1.90. The van der Waals surface area contributed by atoms with Gasteiger partial charge in [0.15, 0.2) is 5.75 Å². The minimum Gasteiger partial charge on any atom is -0.488 e. The predicted molar refractivity (Wildman–Crippen MR) is 102 cm³/mol. The zero-order valence-electron chi connectivity index (χ0n) is 16.0. The summed E-state index contributed by atoms with van der Waals surface area (Å²) in [4.78, 5) is 12.0. The summed E-state index contributed by atoms with van der Waals surface area (Å²) in [5, 5.41) is 6.29. The molecule has 0 bridgehead atoms. The average Bonchev–Trinajstić information content (AvgIpc) is 2.58. The molecule has 0 saturated carbocycles. The van der Waals surface area contributed by atoms with E-state index in [2.05, 4.69) is 25.6 Å². The molecule has 2 saturated heterocycles. The largest absolute Gasteiger partial charge is 0.488 e. The van der Waals surface area contributed by atoms with Gasteiger partial charge in [-0.15, -0.1) is 0 Å². The van der Waals surface area contributed by atoms with Crippen LogP contribution in [-0.4, -0.2) is 53.3 Å². The van der Waals surface area contributed by atoms with Crippen LogP contribution in [0.3, 0.4) is 0 Å². The Morgan fingerprint density at radius 2 is 1.62 bits per heavy atom. The first-order valence-electron chi connectivity index (χ1n) is 9.14. The smallest absolute Gasteiger partial charge is 0.159 e. The van der Waals surface area contributed by atoms with Crippen LogP contribution in [0.5, 0.6) is 11.5 Å². The monoisotopic (exact) mass is 359 g/mol. The molecule has 2 N–H and O–H groups in total. The van der Waals surface area contributed by atoms with Crippen LogP contribution in [0.2, 0.25) is 0 Å². The van der Waals surface area contributed by atoms with Crippen LogP contribution in [0.25, 0.3) is 0 Å². The fourth-order valence-electron chi connectivity index (χ4n) is 2.15. The molecule has 2 aromatic rings. The number of hydrogen-bond acceptors (Lipinski definition) is 7. The van der Waals surface area contributed by atoms with Crippen molar-refractivity contribution in [3.05, 3.63) is 42.2 Å². The Labute approximate surface area is 155 Å². The Morgan fingerprint density at radius 3 is 2.15 bits per heavy atom. The van der Waals surface area contributed by atoms with Crippen LogP contribution in [0, 0.1) is 13.8 Å². The molecule has 7 heteroatoms. The summed E-state index contributed by atoms with van der Waals surface area (Å²) in [5.74, 6) is 1.72. The van der Waals surface area contributed by atoms with Crippen molar-refractivity contribution in [2.45, 2.75) is 39.9 Å². The van der Waals surface area contributed by atoms with Crippen LogP contribution in [0.15, 0.2) is 30.9 Å². The summed E-state index contributed by atoms with van der Waals surface area (Å²) in [7, 11) is 0. The minimum atomic E-state index is 0.301. The van der Waals surface area contributed by atoms with Gasteiger partial charge in [0.05, 0.1) is 11.9 Å². The van der Waals surface area contributed by atoms with Crippen LogP contribution in [0.1, 0.15) is 25.2 Å². The summed E-state index contributed by atoms with van der Waals surface area (Å²) in [6.07, 6.45) is 5.67. The Bertz CT molecular complexity index is 660. The first-order chi connectivity index (χ1) is 12.7. The molecule has 0 aromatic carbocycles. The van der Waals surface area contributed by atoms with Gasteiger partial charge in [0, 0.05) is 44.1 Å². The summed E-state index contributed by atoms with van der Waals surface area (Å²) < 4.78 is 11.2. The molecule has 26 heavy (non-hydrogen) atoms. The lowest BCUT2D eigenvalue weighted by molar-refractivity contribution is 0.140. The van der Waals surface area contributed by atoms with Crippen LogP contribution < -0.4 is 20.1 Å². The summed E-state index contributed by atoms with van der Waals surface area (Å²) in [6, 6.07) is 3.85. The number of aromatic nitrogens is 3. The number of pyridine rings is 1. The van der Waals surface area contributed by atoms with E-state index in [0.29, 0.717) is 12.2 Å². The zero-order valence-corrected chi connectivity index (χ0v) is 16.0. The summed E-state index contributed by atoms with van der Waals surface area (Å²) >= 11 is 0. The van der Waals surface area contributed by atoms with E-state index in [1.165, 1.54) is 6.33 Å². The molecule has 4 rings (SSSR count). The lowest BCUT2D eigenvalue weighted by atomic mass is 10.2. The molecular weight excluding hydrogens is 330 g/mol. The maximum atomic E-state index is 5.63. The normalized spacial score (nSPS) is 16.0. The average molecular weight is 359 g/mol. The van der Waals surface area contributed by atoms with Gasteiger partial charge in [0.1, 0.15) is 24.3 Å². The highest BCUT2D eigenvalue weighted by Crippen LogP contribution is 2.15. The first kappa shape index (κ1) is 20.1. The van der Waals surface area contributed by atoms with Crippen molar-refractivity contribution in [2.24, 2.45) is 0 Å². The molecule has 0 atom stereocenters. The molecular formula is C19H29N5O2. The van der Waals surface area contributed by atoms with Crippen LogP contribution >= 0.6 is 0 Å². The Balaban J connectivity index is 0.000000171. The topological polar surface area (TPSA) is 81.2 Å². The molecule has 2 fully saturated rings. The van der Waals surface area contributed by atoms with Gasteiger partial charge in [0.2, 0.25) is 0 Å². The number of nitrogens with zero attached hydrogens (tertiary/aromatic N) is 3. The number of hydrogen-bond donors (Lipinski definition) is 2. The standard InChI is InChI=1S/C9H12N2O.C8H11N3O.C2H6/c1-7-4-8(2-3-11-7)12-9-5-10-6-9;1-6-8(4-10-5-11-6)12-7-2-9-3-7;1-2/h2-4,9-10H,5-6H2,1H3;4-5,7,9H,2-3H2,1H3;1-2H3. The Morgan fingerprint density at radius 1 is 0.962 bits per heavy atom. The van der Waals surface area contributed by atoms with Gasteiger partial charge >= 0.3 is 0 Å².